The molecule has 0 bridgehead atoms. The molecule has 0 unspecified atom stereocenters. The molecule has 9 aromatic carbocycles. The zero-order chi connectivity index (χ0) is 36.7. The number of hydrogen-bond donors (Lipinski definition) is 0. The fourth-order valence-electron chi connectivity index (χ4n) is 8.56. The van der Waals surface area contributed by atoms with Crippen molar-refractivity contribution in [1.82, 2.24) is 19.5 Å². The van der Waals surface area contributed by atoms with Gasteiger partial charge in [-0.25, -0.2) is 15.0 Å². The zero-order valence-electron chi connectivity index (χ0n) is 30.0. The summed E-state index contributed by atoms with van der Waals surface area (Å²) in [7, 11) is 0. The van der Waals surface area contributed by atoms with Crippen LogP contribution in [0, 0.1) is 0 Å². The fraction of sp³-hybridized carbons (Fsp3) is 0. The van der Waals surface area contributed by atoms with Crippen LogP contribution < -0.4 is 0 Å². The molecule has 0 aliphatic carbocycles. The van der Waals surface area contributed by atoms with Crippen LogP contribution in [0.1, 0.15) is 0 Å². The molecule has 12 rings (SSSR count). The second kappa shape index (κ2) is 12.2. The van der Waals surface area contributed by atoms with E-state index in [-0.39, 0.29) is 0 Å². The third-order valence-corrected chi connectivity index (χ3v) is 12.3. The summed E-state index contributed by atoms with van der Waals surface area (Å²) in [6.45, 7) is 0. The molecule has 12 aromatic rings. The van der Waals surface area contributed by atoms with E-state index < -0.39 is 0 Å². The second-order valence-corrected chi connectivity index (χ2v) is 15.5. The molecular formula is C51H30N4S. The Bertz CT molecular complexity index is 3540. The van der Waals surface area contributed by atoms with Crippen LogP contribution in [0.4, 0.5) is 0 Å². The van der Waals surface area contributed by atoms with E-state index in [4.69, 9.17) is 15.0 Å². The maximum Gasteiger partial charge on any atom is 0.164 e. The number of aromatic nitrogens is 4. The first-order valence-electron chi connectivity index (χ1n) is 18.8. The molecule has 0 aliphatic rings. The summed E-state index contributed by atoms with van der Waals surface area (Å²) in [6, 6.07) is 65.1. The van der Waals surface area contributed by atoms with E-state index in [9.17, 15) is 0 Å². The summed E-state index contributed by atoms with van der Waals surface area (Å²) < 4.78 is 4.86. The summed E-state index contributed by atoms with van der Waals surface area (Å²) in [6.07, 6.45) is 0. The molecule has 260 valence electrons. The summed E-state index contributed by atoms with van der Waals surface area (Å²) in [4.78, 5) is 15.4. The highest BCUT2D eigenvalue weighted by molar-refractivity contribution is 7.26. The van der Waals surface area contributed by atoms with Crippen molar-refractivity contribution in [2.45, 2.75) is 0 Å². The summed E-state index contributed by atoms with van der Waals surface area (Å²) in [5.41, 5.74) is 6.46. The lowest BCUT2D eigenvalue weighted by Gasteiger charge is -2.11. The molecule has 0 atom stereocenters. The molecule has 0 radical (unpaired) electrons. The Morgan fingerprint density at radius 3 is 1.88 bits per heavy atom. The maximum atomic E-state index is 5.20. The number of thiophene rings is 1. The first kappa shape index (κ1) is 31.2. The molecule has 0 spiro atoms. The Morgan fingerprint density at radius 2 is 1.04 bits per heavy atom. The number of benzene rings is 9. The monoisotopic (exact) mass is 730 g/mol. The minimum absolute atomic E-state index is 0.656. The van der Waals surface area contributed by atoms with Crippen molar-refractivity contribution >= 4 is 85.6 Å². The standard InChI is InChI=1S/C51H30N4S/c1-2-13-33(14-3-1)49-52-50(37-22-21-31-11-4-5-15-34(31)27-37)54-51(53-49)41-19-10-20-45-48(41)40-25-24-38(30-46(40)56-45)55-43-26-23-32-12-8-9-18-39(32)47(43)42-28-35-16-6-7-17-36(35)29-44(42)55/h1-30H. The normalized spacial score (nSPS) is 11.9. The lowest BCUT2D eigenvalue weighted by Crippen LogP contribution is -2.00. The van der Waals surface area contributed by atoms with Crippen LogP contribution >= 0.6 is 11.3 Å². The summed E-state index contributed by atoms with van der Waals surface area (Å²) >= 11 is 1.82. The topological polar surface area (TPSA) is 43.6 Å². The Balaban J connectivity index is 1.08. The van der Waals surface area contributed by atoms with Gasteiger partial charge in [0, 0.05) is 53.3 Å². The Labute approximate surface area is 325 Å². The van der Waals surface area contributed by atoms with Gasteiger partial charge in [-0.15, -0.1) is 11.3 Å². The molecular weight excluding hydrogens is 701 g/mol. The highest BCUT2D eigenvalue weighted by Crippen LogP contribution is 2.43. The van der Waals surface area contributed by atoms with Crippen LogP contribution in [0.15, 0.2) is 182 Å². The third kappa shape index (κ3) is 4.81. The highest BCUT2D eigenvalue weighted by Gasteiger charge is 2.20. The zero-order valence-corrected chi connectivity index (χ0v) is 30.8. The molecule has 3 heterocycles. The van der Waals surface area contributed by atoms with Crippen LogP contribution in [0.25, 0.3) is 114 Å². The van der Waals surface area contributed by atoms with Crippen LogP contribution in [0.2, 0.25) is 0 Å². The van der Waals surface area contributed by atoms with Crippen molar-refractivity contribution in [3.05, 3.63) is 182 Å². The minimum atomic E-state index is 0.656. The summed E-state index contributed by atoms with van der Waals surface area (Å²) in [5, 5.41) is 12.2. The van der Waals surface area contributed by atoms with E-state index in [1.54, 1.807) is 0 Å². The van der Waals surface area contributed by atoms with Crippen LogP contribution in [-0.4, -0.2) is 19.5 Å². The van der Waals surface area contributed by atoms with Gasteiger partial charge in [0.25, 0.3) is 0 Å². The predicted octanol–water partition coefficient (Wildman–Crippen LogP) is 13.8. The number of rotatable bonds is 4. The van der Waals surface area contributed by atoms with Gasteiger partial charge in [0.2, 0.25) is 0 Å². The quantitative estimate of drug-likeness (QED) is 0.181. The Morgan fingerprint density at radius 1 is 0.357 bits per heavy atom. The summed E-state index contributed by atoms with van der Waals surface area (Å²) in [5.74, 6) is 1.98. The van der Waals surface area contributed by atoms with Gasteiger partial charge in [-0.1, -0.05) is 140 Å². The molecule has 0 saturated heterocycles. The molecule has 0 N–H and O–H groups in total. The fourth-order valence-corrected chi connectivity index (χ4v) is 9.73. The third-order valence-electron chi connectivity index (χ3n) is 11.2. The van der Waals surface area contributed by atoms with Crippen molar-refractivity contribution in [2.24, 2.45) is 0 Å². The molecule has 0 amide bonds. The molecule has 4 nitrogen and oxygen atoms in total. The Kier molecular flexibility index (Phi) is 6.76. The first-order chi connectivity index (χ1) is 27.7. The molecule has 56 heavy (non-hydrogen) atoms. The van der Waals surface area contributed by atoms with Crippen LogP contribution in [0.3, 0.4) is 0 Å². The van der Waals surface area contributed by atoms with Crippen LogP contribution in [-0.2, 0) is 0 Å². The number of nitrogens with zero attached hydrogens (tertiary/aromatic N) is 4. The van der Waals surface area contributed by atoms with E-state index in [0.717, 1.165) is 33.2 Å². The van der Waals surface area contributed by atoms with Gasteiger partial charge in [0.05, 0.1) is 11.0 Å². The van der Waals surface area contributed by atoms with E-state index in [0.29, 0.717) is 17.5 Å². The van der Waals surface area contributed by atoms with Crippen molar-refractivity contribution < 1.29 is 0 Å². The van der Waals surface area contributed by atoms with Gasteiger partial charge < -0.3 is 4.57 Å². The van der Waals surface area contributed by atoms with Gasteiger partial charge in [0.1, 0.15) is 0 Å². The lowest BCUT2D eigenvalue weighted by molar-refractivity contribution is 1.08. The maximum absolute atomic E-state index is 5.20. The van der Waals surface area contributed by atoms with Gasteiger partial charge in [0.15, 0.2) is 17.5 Å². The van der Waals surface area contributed by atoms with E-state index >= 15 is 0 Å². The minimum Gasteiger partial charge on any atom is -0.309 e. The number of fused-ring (bicyclic) bond motifs is 10. The largest absolute Gasteiger partial charge is 0.309 e. The average Bonchev–Trinajstić information content (AvgIpc) is 3.80. The molecule has 5 heteroatoms. The van der Waals surface area contributed by atoms with Crippen molar-refractivity contribution in [3.63, 3.8) is 0 Å². The van der Waals surface area contributed by atoms with Crippen molar-refractivity contribution in [3.8, 4) is 39.9 Å². The second-order valence-electron chi connectivity index (χ2n) is 14.4. The average molecular weight is 731 g/mol. The van der Waals surface area contributed by atoms with Crippen molar-refractivity contribution in [2.75, 3.05) is 0 Å². The predicted molar refractivity (Wildman–Crippen MR) is 236 cm³/mol. The van der Waals surface area contributed by atoms with E-state index in [1.165, 1.54) is 63.5 Å². The van der Waals surface area contributed by atoms with Crippen molar-refractivity contribution in [1.29, 1.82) is 0 Å². The van der Waals surface area contributed by atoms with E-state index in [1.807, 2.05) is 29.5 Å². The molecule has 0 saturated carbocycles. The lowest BCUT2D eigenvalue weighted by atomic mass is 10.0. The Hall–Kier alpha value is -7.21. The first-order valence-corrected chi connectivity index (χ1v) is 19.7. The van der Waals surface area contributed by atoms with Crippen LogP contribution in [0.5, 0.6) is 0 Å². The molecule has 0 fully saturated rings. The van der Waals surface area contributed by atoms with Gasteiger partial charge in [-0.2, -0.15) is 0 Å². The van der Waals surface area contributed by atoms with Gasteiger partial charge >= 0.3 is 0 Å². The molecule has 0 aliphatic heterocycles. The van der Waals surface area contributed by atoms with Gasteiger partial charge in [-0.05, 0) is 74.8 Å². The SMILES string of the molecule is c1ccc(-c2nc(-c3ccc4ccccc4c3)nc(-c3cccc4sc5cc(-n6c7cc8ccccc8cc7c7c8ccccc8ccc76)ccc5c34)n2)cc1. The smallest absolute Gasteiger partial charge is 0.164 e. The van der Waals surface area contributed by atoms with Gasteiger partial charge in [-0.3, -0.25) is 0 Å². The molecule has 3 aromatic heterocycles. The van der Waals surface area contributed by atoms with E-state index in [2.05, 4.69) is 168 Å². The number of hydrogen-bond acceptors (Lipinski definition) is 4. The highest BCUT2D eigenvalue weighted by atomic mass is 32.1.